The van der Waals surface area contributed by atoms with E-state index in [1.54, 1.807) is 19.4 Å². The molecule has 3 aromatic rings. The van der Waals surface area contributed by atoms with Gasteiger partial charge in [0.2, 0.25) is 10.0 Å². The molecule has 0 radical (unpaired) electrons. The first-order valence-electron chi connectivity index (χ1n) is 10.3. The van der Waals surface area contributed by atoms with Crippen molar-refractivity contribution in [3.8, 4) is 0 Å². The first-order chi connectivity index (χ1) is 15.4. The monoisotopic (exact) mass is 459 g/mol. The number of nitrogens with zero attached hydrogens (tertiary/aromatic N) is 2. The van der Waals surface area contributed by atoms with Crippen LogP contribution in [0.25, 0.3) is 0 Å². The Bertz CT molecular complexity index is 1130. The third-order valence-electron chi connectivity index (χ3n) is 4.79. The Labute approximate surface area is 187 Å². The Morgan fingerprint density at radius 3 is 2.44 bits per heavy atom. The van der Waals surface area contributed by atoms with E-state index in [0.29, 0.717) is 26.0 Å². The lowest BCUT2D eigenvalue weighted by Gasteiger charge is -2.12. The summed E-state index contributed by atoms with van der Waals surface area (Å²) in [5.74, 6) is -0.741. The molecule has 1 heterocycles. The van der Waals surface area contributed by atoms with Crippen LogP contribution in [0.2, 0.25) is 0 Å². The van der Waals surface area contributed by atoms with Crippen molar-refractivity contribution in [2.24, 2.45) is 0 Å². The molecule has 0 fully saturated rings. The van der Waals surface area contributed by atoms with E-state index in [9.17, 15) is 17.6 Å². The van der Waals surface area contributed by atoms with Gasteiger partial charge in [-0.25, -0.2) is 22.5 Å². The minimum absolute atomic E-state index is 0.0166. The summed E-state index contributed by atoms with van der Waals surface area (Å²) in [5, 5.41) is 0. The van der Waals surface area contributed by atoms with Gasteiger partial charge in [0, 0.05) is 31.9 Å². The number of imidazole rings is 1. The van der Waals surface area contributed by atoms with Crippen LogP contribution in [-0.2, 0) is 38.9 Å². The number of halogens is 1. The van der Waals surface area contributed by atoms with Gasteiger partial charge in [0.15, 0.2) is 0 Å². The maximum atomic E-state index is 13.1. The second-order valence-corrected chi connectivity index (χ2v) is 9.07. The van der Waals surface area contributed by atoms with E-state index in [4.69, 9.17) is 4.74 Å². The Balaban J connectivity index is 1.69. The molecule has 0 saturated heterocycles. The molecule has 2 aromatic carbocycles. The van der Waals surface area contributed by atoms with Gasteiger partial charge in [-0.1, -0.05) is 18.2 Å². The SMILES string of the molecule is CCOC(=O)CCc1cc(CCNS(=O)(=O)c2ccc(F)cc2)cc(Cn2ccnc2)c1. The summed E-state index contributed by atoms with van der Waals surface area (Å²) in [6.07, 6.45) is 6.56. The molecule has 3 rings (SSSR count). The van der Waals surface area contributed by atoms with Gasteiger partial charge in [-0.3, -0.25) is 4.79 Å². The Kier molecular flexibility index (Phi) is 8.13. The maximum Gasteiger partial charge on any atom is 0.306 e. The maximum absolute atomic E-state index is 13.1. The van der Waals surface area contributed by atoms with Crippen LogP contribution in [0.4, 0.5) is 4.39 Å². The number of rotatable bonds is 11. The Morgan fingerprint density at radius 2 is 1.78 bits per heavy atom. The molecule has 0 saturated carbocycles. The minimum atomic E-state index is -3.73. The Hall–Kier alpha value is -3.04. The van der Waals surface area contributed by atoms with Gasteiger partial charge in [-0.05, 0) is 60.7 Å². The number of ether oxygens (including phenoxy) is 1. The van der Waals surface area contributed by atoms with Crippen molar-refractivity contribution in [3.63, 3.8) is 0 Å². The van der Waals surface area contributed by atoms with Crippen LogP contribution in [0.5, 0.6) is 0 Å². The van der Waals surface area contributed by atoms with E-state index in [2.05, 4.69) is 9.71 Å². The number of hydrogen-bond donors (Lipinski definition) is 1. The average molecular weight is 460 g/mol. The van der Waals surface area contributed by atoms with Crippen molar-refractivity contribution in [1.82, 2.24) is 14.3 Å². The van der Waals surface area contributed by atoms with Crippen LogP contribution in [0.1, 0.15) is 30.0 Å². The van der Waals surface area contributed by atoms with Crippen LogP contribution in [0, 0.1) is 5.82 Å². The number of benzene rings is 2. The van der Waals surface area contributed by atoms with Crippen LogP contribution in [-0.4, -0.2) is 37.1 Å². The van der Waals surface area contributed by atoms with E-state index < -0.39 is 15.8 Å². The standard InChI is InChI=1S/C23H26FN3O4S/c1-2-31-23(28)8-3-18-13-19(15-20(14-18)16-27-12-11-25-17-27)9-10-26-32(29,30)22-6-4-21(24)5-7-22/h4-7,11-15,17,26H,2-3,8-10,16H2,1H3. The number of nitrogens with one attached hydrogen (secondary N) is 1. The molecule has 9 heteroatoms. The predicted molar refractivity (Wildman–Crippen MR) is 118 cm³/mol. The van der Waals surface area contributed by atoms with E-state index in [-0.39, 0.29) is 23.8 Å². The van der Waals surface area contributed by atoms with Crippen molar-refractivity contribution >= 4 is 16.0 Å². The zero-order valence-electron chi connectivity index (χ0n) is 17.8. The number of esters is 1. The van der Waals surface area contributed by atoms with Crippen molar-refractivity contribution in [1.29, 1.82) is 0 Å². The molecule has 0 aliphatic heterocycles. The molecule has 170 valence electrons. The molecular weight excluding hydrogens is 433 g/mol. The zero-order valence-corrected chi connectivity index (χ0v) is 18.6. The normalized spacial score (nSPS) is 11.4. The number of hydrogen-bond acceptors (Lipinski definition) is 5. The summed E-state index contributed by atoms with van der Waals surface area (Å²) in [6, 6.07) is 10.7. The lowest BCUT2D eigenvalue weighted by molar-refractivity contribution is -0.143. The molecule has 0 spiro atoms. The first-order valence-corrected chi connectivity index (χ1v) is 11.8. The fourth-order valence-corrected chi connectivity index (χ4v) is 4.35. The van der Waals surface area contributed by atoms with Gasteiger partial charge in [-0.2, -0.15) is 0 Å². The molecule has 1 N–H and O–H groups in total. The van der Waals surface area contributed by atoms with Gasteiger partial charge >= 0.3 is 5.97 Å². The number of carbonyl (C=O) groups excluding carboxylic acids is 1. The summed E-state index contributed by atoms with van der Waals surface area (Å²) in [6.45, 7) is 2.92. The molecule has 0 amide bonds. The van der Waals surface area contributed by atoms with Crippen LogP contribution >= 0.6 is 0 Å². The molecule has 0 atom stereocenters. The van der Waals surface area contributed by atoms with Crippen molar-refractivity contribution in [2.45, 2.75) is 37.6 Å². The van der Waals surface area contributed by atoms with Crippen LogP contribution in [0.15, 0.2) is 66.1 Å². The van der Waals surface area contributed by atoms with E-state index in [0.717, 1.165) is 28.8 Å². The minimum Gasteiger partial charge on any atom is -0.466 e. The van der Waals surface area contributed by atoms with E-state index in [1.165, 1.54) is 12.1 Å². The number of sulfonamides is 1. The fraction of sp³-hybridized carbons (Fsp3) is 0.304. The van der Waals surface area contributed by atoms with Gasteiger partial charge in [0.1, 0.15) is 5.82 Å². The average Bonchev–Trinajstić information content (AvgIpc) is 3.26. The molecule has 7 nitrogen and oxygen atoms in total. The highest BCUT2D eigenvalue weighted by Crippen LogP contribution is 2.16. The molecule has 32 heavy (non-hydrogen) atoms. The zero-order chi connectivity index (χ0) is 23.0. The van der Waals surface area contributed by atoms with E-state index >= 15 is 0 Å². The smallest absolute Gasteiger partial charge is 0.306 e. The lowest BCUT2D eigenvalue weighted by Crippen LogP contribution is -2.26. The number of carbonyl (C=O) groups is 1. The topological polar surface area (TPSA) is 90.3 Å². The summed E-state index contributed by atoms with van der Waals surface area (Å²) in [5.41, 5.74) is 2.95. The number of aryl methyl sites for hydroxylation is 1. The van der Waals surface area contributed by atoms with Crippen molar-refractivity contribution in [2.75, 3.05) is 13.2 Å². The molecule has 0 aliphatic carbocycles. The Morgan fingerprint density at radius 1 is 1.09 bits per heavy atom. The molecule has 0 unspecified atom stereocenters. The highest BCUT2D eigenvalue weighted by Gasteiger charge is 2.14. The van der Waals surface area contributed by atoms with Crippen molar-refractivity contribution < 1.29 is 22.3 Å². The van der Waals surface area contributed by atoms with Crippen LogP contribution in [0.3, 0.4) is 0 Å². The first kappa shape index (κ1) is 23.6. The number of aromatic nitrogens is 2. The van der Waals surface area contributed by atoms with Gasteiger partial charge < -0.3 is 9.30 Å². The van der Waals surface area contributed by atoms with Crippen molar-refractivity contribution in [3.05, 3.63) is 83.7 Å². The molecule has 0 bridgehead atoms. The van der Waals surface area contributed by atoms with Gasteiger partial charge in [0.05, 0.1) is 17.8 Å². The summed E-state index contributed by atoms with van der Waals surface area (Å²) in [4.78, 5) is 15.8. The quantitative estimate of drug-likeness (QED) is 0.445. The summed E-state index contributed by atoms with van der Waals surface area (Å²) in [7, 11) is -3.73. The highest BCUT2D eigenvalue weighted by atomic mass is 32.2. The summed E-state index contributed by atoms with van der Waals surface area (Å²) >= 11 is 0. The lowest BCUT2D eigenvalue weighted by atomic mass is 10.0. The fourth-order valence-electron chi connectivity index (χ4n) is 3.32. The third-order valence-corrected chi connectivity index (χ3v) is 6.27. The van der Waals surface area contributed by atoms with Crippen LogP contribution < -0.4 is 4.72 Å². The predicted octanol–water partition coefficient (Wildman–Crippen LogP) is 3.09. The molecule has 1 aromatic heterocycles. The summed E-state index contributed by atoms with van der Waals surface area (Å²) < 4.78 is 47.4. The second-order valence-electron chi connectivity index (χ2n) is 7.30. The largest absolute Gasteiger partial charge is 0.466 e. The van der Waals surface area contributed by atoms with E-state index in [1.807, 2.05) is 29.0 Å². The molecular formula is C23H26FN3O4S. The third kappa shape index (κ3) is 7.00. The highest BCUT2D eigenvalue weighted by molar-refractivity contribution is 7.89. The second kappa shape index (κ2) is 11.0. The molecule has 0 aliphatic rings. The van der Waals surface area contributed by atoms with Gasteiger partial charge in [0.25, 0.3) is 0 Å². The van der Waals surface area contributed by atoms with Gasteiger partial charge in [-0.15, -0.1) is 0 Å².